The van der Waals surface area contributed by atoms with E-state index in [1.54, 1.807) is 19.5 Å². The standard InChI is InChI=1S/C18H26N2O4/c1-3-24-17(22)18-6-4-7-19(9-15-5-8-23-12-15)10-16(18)11-20(13-18)14(2)21/h5,8,12,16H,3-4,6-7,9-11,13H2,1-2H3/t16-,18-/m0/s1. The lowest BCUT2D eigenvalue weighted by Gasteiger charge is -2.31. The van der Waals surface area contributed by atoms with Crippen molar-refractivity contribution in [1.29, 1.82) is 0 Å². The zero-order chi connectivity index (χ0) is 17.2. The molecule has 2 aliphatic heterocycles. The fourth-order valence-corrected chi connectivity index (χ4v) is 4.14. The smallest absolute Gasteiger partial charge is 0.314 e. The molecule has 6 nitrogen and oxygen atoms in total. The van der Waals surface area contributed by atoms with Crippen molar-refractivity contribution in [2.24, 2.45) is 11.3 Å². The number of hydrogen-bond donors (Lipinski definition) is 0. The molecule has 0 radical (unpaired) electrons. The van der Waals surface area contributed by atoms with Crippen LogP contribution in [0.1, 0.15) is 32.3 Å². The normalized spacial score (nSPS) is 27.6. The summed E-state index contributed by atoms with van der Waals surface area (Å²) in [5.74, 6) is 0.0203. The quantitative estimate of drug-likeness (QED) is 0.787. The SMILES string of the molecule is CCOC(=O)[C@]12CCCN(Cc3ccoc3)C[C@H]1CN(C(C)=O)C2. The molecule has 1 aromatic rings. The van der Waals surface area contributed by atoms with Gasteiger partial charge in [-0.25, -0.2) is 0 Å². The van der Waals surface area contributed by atoms with Crippen LogP contribution in [0, 0.1) is 11.3 Å². The molecule has 1 amide bonds. The number of esters is 1. The van der Waals surface area contributed by atoms with Crippen LogP contribution >= 0.6 is 0 Å². The summed E-state index contributed by atoms with van der Waals surface area (Å²) in [6.07, 6.45) is 5.16. The van der Waals surface area contributed by atoms with Crippen LogP contribution in [0.25, 0.3) is 0 Å². The largest absolute Gasteiger partial charge is 0.472 e. The van der Waals surface area contributed by atoms with Crippen LogP contribution in [0.5, 0.6) is 0 Å². The molecule has 3 heterocycles. The predicted octanol–water partition coefficient (Wildman–Crippen LogP) is 1.90. The summed E-state index contributed by atoms with van der Waals surface area (Å²) in [6.45, 7) is 7.48. The molecule has 2 atom stereocenters. The molecule has 132 valence electrons. The van der Waals surface area contributed by atoms with Crippen molar-refractivity contribution < 1.29 is 18.7 Å². The Kier molecular flexibility index (Phi) is 4.94. The number of fused-ring (bicyclic) bond motifs is 1. The number of rotatable bonds is 4. The van der Waals surface area contributed by atoms with E-state index >= 15 is 0 Å². The minimum atomic E-state index is -0.549. The van der Waals surface area contributed by atoms with E-state index in [9.17, 15) is 9.59 Å². The van der Waals surface area contributed by atoms with Gasteiger partial charge < -0.3 is 14.1 Å². The molecule has 2 aliphatic rings. The first-order chi connectivity index (χ1) is 11.5. The van der Waals surface area contributed by atoms with E-state index in [2.05, 4.69) is 4.90 Å². The second kappa shape index (κ2) is 6.97. The molecule has 0 spiro atoms. The zero-order valence-corrected chi connectivity index (χ0v) is 14.5. The molecule has 24 heavy (non-hydrogen) atoms. The van der Waals surface area contributed by atoms with Crippen molar-refractivity contribution in [3.8, 4) is 0 Å². The number of carbonyl (C=O) groups is 2. The maximum Gasteiger partial charge on any atom is 0.314 e. The first-order valence-electron chi connectivity index (χ1n) is 8.71. The lowest BCUT2D eigenvalue weighted by Crippen LogP contribution is -2.42. The van der Waals surface area contributed by atoms with Crippen LogP contribution in [0.15, 0.2) is 23.0 Å². The third-order valence-corrected chi connectivity index (χ3v) is 5.38. The molecular weight excluding hydrogens is 308 g/mol. The Hall–Kier alpha value is -1.82. The fraction of sp³-hybridized carbons (Fsp3) is 0.667. The highest BCUT2D eigenvalue weighted by Gasteiger charge is 2.54. The first kappa shape index (κ1) is 17.0. The lowest BCUT2D eigenvalue weighted by molar-refractivity contribution is -0.157. The van der Waals surface area contributed by atoms with Crippen LogP contribution in [0.3, 0.4) is 0 Å². The van der Waals surface area contributed by atoms with Gasteiger partial charge in [0.25, 0.3) is 0 Å². The van der Waals surface area contributed by atoms with Gasteiger partial charge >= 0.3 is 5.97 Å². The molecule has 0 N–H and O–H groups in total. The van der Waals surface area contributed by atoms with Gasteiger partial charge in [0.05, 0.1) is 24.5 Å². The second-order valence-corrected chi connectivity index (χ2v) is 6.94. The number of amides is 1. The summed E-state index contributed by atoms with van der Waals surface area (Å²) in [7, 11) is 0. The van der Waals surface area contributed by atoms with E-state index in [0.29, 0.717) is 19.7 Å². The van der Waals surface area contributed by atoms with Crippen LogP contribution in [0.2, 0.25) is 0 Å². The third-order valence-electron chi connectivity index (χ3n) is 5.38. The van der Waals surface area contributed by atoms with E-state index < -0.39 is 5.41 Å². The number of likely N-dealkylation sites (tertiary alicyclic amines) is 2. The fourth-order valence-electron chi connectivity index (χ4n) is 4.14. The van der Waals surface area contributed by atoms with Gasteiger partial charge in [-0.3, -0.25) is 14.5 Å². The minimum absolute atomic E-state index is 0.0353. The summed E-state index contributed by atoms with van der Waals surface area (Å²) < 4.78 is 10.6. The Bertz CT molecular complexity index is 586. The molecule has 0 saturated carbocycles. The zero-order valence-electron chi connectivity index (χ0n) is 14.5. The summed E-state index contributed by atoms with van der Waals surface area (Å²) in [5.41, 5.74) is 0.590. The van der Waals surface area contributed by atoms with Crippen LogP contribution in [0.4, 0.5) is 0 Å². The molecular formula is C18H26N2O4. The summed E-state index contributed by atoms with van der Waals surface area (Å²) in [4.78, 5) is 28.8. The van der Waals surface area contributed by atoms with Crippen LogP contribution in [-0.2, 0) is 20.9 Å². The molecule has 2 saturated heterocycles. The van der Waals surface area contributed by atoms with Gasteiger partial charge in [-0.1, -0.05) is 0 Å². The Morgan fingerprint density at radius 1 is 1.42 bits per heavy atom. The monoisotopic (exact) mass is 334 g/mol. The summed E-state index contributed by atoms with van der Waals surface area (Å²) >= 11 is 0. The molecule has 2 fully saturated rings. The van der Waals surface area contributed by atoms with Gasteiger partial charge in [-0.05, 0) is 32.4 Å². The van der Waals surface area contributed by atoms with Crippen molar-refractivity contribution in [2.75, 3.05) is 32.8 Å². The molecule has 6 heteroatoms. The second-order valence-electron chi connectivity index (χ2n) is 6.94. The summed E-state index contributed by atoms with van der Waals surface area (Å²) in [6, 6.07) is 1.97. The third kappa shape index (κ3) is 3.20. The van der Waals surface area contributed by atoms with E-state index in [0.717, 1.165) is 38.0 Å². The maximum absolute atomic E-state index is 12.8. The first-order valence-corrected chi connectivity index (χ1v) is 8.71. The predicted molar refractivity (Wildman–Crippen MR) is 88.0 cm³/mol. The number of hydrogen-bond acceptors (Lipinski definition) is 5. The average Bonchev–Trinajstić information content (AvgIpc) is 3.13. The van der Waals surface area contributed by atoms with Crippen molar-refractivity contribution >= 4 is 11.9 Å². The highest BCUT2D eigenvalue weighted by Crippen LogP contribution is 2.44. The van der Waals surface area contributed by atoms with Gasteiger partial charge in [-0.2, -0.15) is 0 Å². The highest BCUT2D eigenvalue weighted by atomic mass is 16.5. The molecule has 1 aromatic heterocycles. The van der Waals surface area contributed by atoms with Crippen molar-refractivity contribution in [3.05, 3.63) is 24.2 Å². The molecule has 0 bridgehead atoms. The van der Waals surface area contributed by atoms with Crippen LogP contribution in [-0.4, -0.2) is 54.5 Å². The minimum Gasteiger partial charge on any atom is -0.472 e. The van der Waals surface area contributed by atoms with E-state index in [1.807, 2.05) is 17.9 Å². The van der Waals surface area contributed by atoms with Crippen molar-refractivity contribution in [3.63, 3.8) is 0 Å². The van der Waals surface area contributed by atoms with E-state index in [-0.39, 0.29) is 17.8 Å². The number of nitrogens with zero attached hydrogens (tertiary/aromatic N) is 2. The van der Waals surface area contributed by atoms with Gasteiger partial charge in [0, 0.05) is 44.6 Å². The van der Waals surface area contributed by atoms with E-state index in [1.165, 1.54) is 0 Å². The molecule has 0 aromatic carbocycles. The average molecular weight is 334 g/mol. The Labute approximate surface area is 142 Å². The number of ether oxygens (including phenoxy) is 1. The number of furan rings is 1. The topological polar surface area (TPSA) is 63.0 Å². The van der Waals surface area contributed by atoms with Crippen molar-refractivity contribution in [2.45, 2.75) is 33.2 Å². The Morgan fingerprint density at radius 3 is 2.92 bits per heavy atom. The molecule has 0 unspecified atom stereocenters. The highest BCUT2D eigenvalue weighted by molar-refractivity contribution is 5.81. The van der Waals surface area contributed by atoms with Gasteiger partial charge in [0.2, 0.25) is 5.91 Å². The molecule has 0 aliphatic carbocycles. The Morgan fingerprint density at radius 2 is 2.25 bits per heavy atom. The Balaban J connectivity index is 1.80. The summed E-state index contributed by atoms with van der Waals surface area (Å²) in [5, 5.41) is 0. The van der Waals surface area contributed by atoms with Gasteiger partial charge in [0.1, 0.15) is 0 Å². The lowest BCUT2D eigenvalue weighted by atomic mass is 9.75. The molecule has 3 rings (SSSR count). The van der Waals surface area contributed by atoms with Crippen LogP contribution < -0.4 is 0 Å². The number of carbonyl (C=O) groups excluding carboxylic acids is 2. The van der Waals surface area contributed by atoms with Crippen molar-refractivity contribution in [1.82, 2.24) is 9.80 Å². The van der Waals surface area contributed by atoms with Gasteiger partial charge in [-0.15, -0.1) is 0 Å². The van der Waals surface area contributed by atoms with E-state index in [4.69, 9.17) is 9.15 Å². The maximum atomic E-state index is 12.8. The van der Waals surface area contributed by atoms with Gasteiger partial charge in [0.15, 0.2) is 0 Å².